The van der Waals surface area contributed by atoms with Crippen molar-refractivity contribution in [2.75, 3.05) is 111 Å². The minimum absolute atomic E-state index is 0.303. The summed E-state index contributed by atoms with van der Waals surface area (Å²) in [7, 11) is 0. The predicted molar refractivity (Wildman–Crippen MR) is 165 cm³/mol. The largest absolute Gasteiger partial charge is 0.487 e. The van der Waals surface area contributed by atoms with E-state index in [1.54, 1.807) is 36.5 Å². The fraction of sp³-hybridized carbons (Fsp3) is 0.500. The molecule has 2 heterocycles. The minimum Gasteiger partial charge on any atom is -0.487 e. The third-order valence-electron chi connectivity index (χ3n) is 6.18. The smallest absolute Gasteiger partial charge is 0.163 e. The van der Waals surface area contributed by atoms with Crippen LogP contribution in [0.15, 0.2) is 53.2 Å². The van der Waals surface area contributed by atoms with Crippen molar-refractivity contribution in [2.24, 2.45) is 4.99 Å². The zero-order valence-electron chi connectivity index (χ0n) is 25.4. The van der Waals surface area contributed by atoms with Gasteiger partial charge in [-0.05, 0) is 24.3 Å². The molecule has 2 aliphatic rings. The molecule has 1 N–H and O–H groups in total. The van der Waals surface area contributed by atoms with Crippen LogP contribution < -0.4 is 24.3 Å². The van der Waals surface area contributed by atoms with E-state index in [1.165, 1.54) is 6.21 Å². The van der Waals surface area contributed by atoms with Crippen LogP contribution in [0.3, 0.4) is 0 Å². The van der Waals surface area contributed by atoms with E-state index in [-0.39, 0.29) is 0 Å². The van der Waals surface area contributed by atoms with Crippen LogP contribution in [0, 0.1) is 11.3 Å². The number of ether oxygens (including phenoxy) is 10. The van der Waals surface area contributed by atoms with Gasteiger partial charge >= 0.3 is 0 Å². The van der Waals surface area contributed by atoms with E-state index >= 15 is 0 Å². The molecule has 2 aliphatic heterocycles. The molecule has 2 aromatic rings. The molecule has 0 aliphatic carbocycles. The molecule has 0 aromatic heterocycles. The molecule has 0 saturated carbocycles. The molecule has 0 unspecified atom stereocenters. The van der Waals surface area contributed by atoms with Crippen LogP contribution in [0.2, 0.25) is 0 Å². The van der Waals surface area contributed by atoms with Crippen LogP contribution in [0.1, 0.15) is 0 Å². The van der Waals surface area contributed by atoms with Crippen molar-refractivity contribution in [3.05, 3.63) is 48.2 Å². The maximum atomic E-state index is 9.74. The quantitative estimate of drug-likeness (QED) is 0.392. The summed E-state index contributed by atoms with van der Waals surface area (Å²) in [4.78, 5) is 4.47. The number of allylic oxidation sites excluding steroid dienone is 1. The lowest BCUT2D eigenvalue weighted by atomic mass is 10.2. The molecule has 13 heteroatoms. The van der Waals surface area contributed by atoms with E-state index in [0.29, 0.717) is 146 Å². The number of nitriles is 1. The number of hydrogen-bond acceptors (Lipinski definition) is 13. The molecule has 13 nitrogen and oxygen atoms in total. The maximum absolute atomic E-state index is 9.74. The molecule has 0 saturated heterocycles. The molecule has 0 fully saturated rings. The fourth-order valence-corrected chi connectivity index (χ4v) is 3.97. The van der Waals surface area contributed by atoms with E-state index in [4.69, 9.17) is 47.4 Å². The number of nitrogens with one attached hydrogen (secondary N) is 1. The van der Waals surface area contributed by atoms with E-state index in [2.05, 4.69) is 16.4 Å². The molecule has 4 rings (SSSR count). The predicted octanol–water partition coefficient (Wildman–Crippen LogP) is 3.55. The fourth-order valence-electron chi connectivity index (χ4n) is 3.97. The van der Waals surface area contributed by atoms with Gasteiger partial charge in [0.05, 0.1) is 90.5 Å². The molecule has 0 bridgehead atoms. The Morgan fingerprint density at radius 1 is 0.556 bits per heavy atom. The number of rotatable bonds is 4. The lowest BCUT2D eigenvalue weighted by Crippen LogP contribution is -2.13. The molecular weight excluding hydrogens is 586 g/mol. The molecule has 0 amide bonds. The van der Waals surface area contributed by atoms with Crippen molar-refractivity contribution in [3.8, 4) is 29.1 Å². The van der Waals surface area contributed by atoms with Crippen molar-refractivity contribution < 1.29 is 47.4 Å². The Labute approximate surface area is 263 Å². The average molecular weight is 628 g/mol. The molecule has 0 spiro atoms. The first-order valence-corrected chi connectivity index (χ1v) is 15.0. The van der Waals surface area contributed by atoms with Crippen molar-refractivity contribution in [3.63, 3.8) is 0 Å². The summed E-state index contributed by atoms with van der Waals surface area (Å²) in [5.41, 5.74) is 1.59. The minimum atomic E-state index is 0.303. The van der Waals surface area contributed by atoms with E-state index < -0.39 is 0 Å². The van der Waals surface area contributed by atoms with Gasteiger partial charge in [0.15, 0.2) is 23.0 Å². The summed E-state index contributed by atoms with van der Waals surface area (Å²) in [5.74, 6) is 2.22. The summed E-state index contributed by atoms with van der Waals surface area (Å²) in [5, 5.41) is 12.9. The average Bonchev–Trinajstić information content (AvgIpc) is 3.07. The maximum Gasteiger partial charge on any atom is 0.163 e. The highest BCUT2D eigenvalue weighted by atomic mass is 16.6. The van der Waals surface area contributed by atoms with Crippen LogP contribution in [0.25, 0.3) is 0 Å². The molecule has 2 aromatic carbocycles. The molecule has 0 atom stereocenters. The second-order valence-electron chi connectivity index (χ2n) is 9.47. The van der Waals surface area contributed by atoms with Gasteiger partial charge in [-0.1, -0.05) is 0 Å². The molecule has 244 valence electrons. The molecule has 0 radical (unpaired) electrons. The zero-order valence-corrected chi connectivity index (χ0v) is 25.4. The second kappa shape index (κ2) is 20.9. The van der Waals surface area contributed by atoms with Gasteiger partial charge in [-0.3, -0.25) is 4.99 Å². The first-order valence-electron chi connectivity index (χ1n) is 15.0. The summed E-state index contributed by atoms with van der Waals surface area (Å²) in [6.45, 7) is 6.99. The Kier molecular flexibility index (Phi) is 15.8. The Morgan fingerprint density at radius 2 is 0.978 bits per heavy atom. The number of benzene rings is 2. The van der Waals surface area contributed by atoms with Gasteiger partial charge in [0.2, 0.25) is 0 Å². The van der Waals surface area contributed by atoms with Gasteiger partial charge in [0, 0.05) is 30.2 Å². The highest BCUT2D eigenvalue weighted by molar-refractivity contribution is 5.86. The standard InChI is InChI=1S/C32H41N3O10/c33-23-26(24-34-27-1-3-29-31(21-27)44-19-15-40-11-7-36-5-9-38-13-17-42-29)25-35-28-2-4-30-32(22-28)45-20-16-41-12-8-37-6-10-39-14-18-43-30/h1-4,21-22,24-25,34H,5-20H2/b26-24+,35-25?. The van der Waals surface area contributed by atoms with E-state index in [0.717, 1.165) is 0 Å². The highest BCUT2D eigenvalue weighted by Crippen LogP contribution is 2.32. The van der Waals surface area contributed by atoms with Crippen LogP contribution in [-0.2, 0) is 28.4 Å². The van der Waals surface area contributed by atoms with Crippen LogP contribution >= 0.6 is 0 Å². The van der Waals surface area contributed by atoms with Gasteiger partial charge in [-0.25, -0.2) is 0 Å². The van der Waals surface area contributed by atoms with Crippen LogP contribution in [-0.4, -0.2) is 112 Å². The van der Waals surface area contributed by atoms with Crippen molar-refractivity contribution in [2.45, 2.75) is 0 Å². The molecule has 45 heavy (non-hydrogen) atoms. The van der Waals surface area contributed by atoms with Gasteiger partial charge < -0.3 is 52.7 Å². The summed E-state index contributed by atoms with van der Waals surface area (Å²) < 4.78 is 56.6. The van der Waals surface area contributed by atoms with Gasteiger partial charge in [0.1, 0.15) is 32.5 Å². The Balaban J connectivity index is 1.38. The van der Waals surface area contributed by atoms with Gasteiger partial charge in [-0.15, -0.1) is 0 Å². The number of fused-ring (bicyclic) bond motifs is 2. The monoisotopic (exact) mass is 627 g/mol. The van der Waals surface area contributed by atoms with Crippen molar-refractivity contribution >= 4 is 17.6 Å². The van der Waals surface area contributed by atoms with Crippen molar-refractivity contribution in [1.82, 2.24) is 0 Å². The van der Waals surface area contributed by atoms with Crippen LogP contribution in [0.4, 0.5) is 11.4 Å². The summed E-state index contributed by atoms with van der Waals surface area (Å²) in [6, 6.07) is 12.9. The van der Waals surface area contributed by atoms with E-state index in [1.807, 2.05) is 6.07 Å². The summed E-state index contributed by atoms with van der Waals surface area (Å²) in [6.07, 6.45) is 3.04. The lowest BCUT2D eigenvalue weighted by molar-refractivity contribution is 0.00708. The zero-order chi connectivity index (χ0) is 31.2. The van der Waals surface area contributed by atoms with Crippen molar-refractivity contribution in [1.29, 1.82) is 5.26 Å². The Bertz CT molecular complexity index is 1250. The normalized spacial score (nSPS) is 18.8. The third-order valence-corrected chi connectivity index (χ3v) is 6.18. The highest BCUT2D eigenvalue weighted by Gasteiger charge is 2.10. The second-order valence-corrected chi connectivity index (χ2v) is 9.47. The summed E-state index contributed by atoms with van der Waals surface area (Å²) >= 11 is 0. The topological polar surface area (TPSA) is 140 Å². The number of aliphatic imine (C=N–C) groups is 1. The van der Waals surface area contributed by atoms with Gasteiger partial charge in [-0.2, -0.15) is 5.26 Å². The third kappa shape index (κ3) is 13.3. The number of anilines is 1. The Morgan fingerprint density at radius 3 is 1.47 bits per heavy atom. The first-order chi connectivity index (χ1) is 22.3. The van der Waals surface area contributed by atoms with Gasteiger partial charge in [0.25, 0.3) is 0 Å². The van der Waals surface area contributed by atoms with E-state index in [9.17, 15) is 5.26 Å². The molecular formula is C32H41N3O10. The SMILES string of the molecule is N#C/C(C=Nc1ccc2c(c1)OCCOCCOCCOCCO2)=C\Nc1ccc2c(c1)OCCOCCOCCOCCO2. The number of hydrogen-bond donors (Lipinski definition) is 1. The lowest BCUT2D eigenvalue weighted by Gasteiger charge is -2.14. The Hall–Kier alpha value is -3.90. The number of nitrogens with zero attached hydrogens (tertiary/aromatic N) is 2. The first kappa shape index (κ1) is 34.0. The van der Waals surface area contributed by atoms with Crippen LogP contribution in [0.5, 0.6) is 23.0 Å².